The molecule has 0 spiro atoms. The van der Waals surface area contributed by atoms with Crippen LogP contribution in [-0.4, -0.2) is 18.1 Å². The van der Waals surface area contributed by atoms with Crippen molar-refractivity contribution in [2.24, 2.45) is 11.5 Å². The minimum absolute atomic E-state index is 0.425. The van der Waals surface area contributed by atoms with Gasteiger partial charge in [0.05, 0.1) is 0 Å². The van der Waals surface area contributed by atoms with Crippen LogP contribution in [0.2, 0.25) is 0 Å². The highest BCUT2D eigenvalue weighted by molar-refractivity contribution is 5.20. The predicted octanol–water partition coefficient (Wildman–Crippen LogP) is 0.223. The Kier molecular flexibility index (Phi) is 3.79. The maximum atomic E-state index is 13.0. The van der Waals surface area contributed by atoms with Crippen molar-refractivity contribution in [3.05, 3.63) is 29.3 Å². The van der Waals surface area contributed by atoms with Crippen LogP contribution in [0.15, 0.2) is 12.3 Å². The van der Waals surface area contributed by atoms with E-state index in [9.17, 15) is 4.39 Å². The number of rotatable bonds is 4. The van der Waals surface area contributed by atoms with E-state index < -0.39 is 5.95 Å². The Balaban J connectivity index is 2.83. The van der Waals surface area contributed by atoms with Crippen molar-refractivity contribution in [3.8, 4) is 0 Å². The van der Waals surface area contributed by atoms with Gasteiger partial charge < -0.3 is 11.5 Å². The lowest BCUT2D eigenvalue weighted by Gasteiger charge is -2.03. The summed E-state index contributed by atoms with van der Waals surface area (Å²) in [6, 6.07) is 1.78. The maximum Gasteiger partial charge on any atom is 0.216 e. The molecule has 1 rings (SSSR count). The number of nitrogens with zero attached hydrogens (tertiary/aromatic N) is 1. The summed E-state index contributed by atoms with van der Waals surface area (Å²) in [6.07, 6.45) is 2.77. The maximum absolute atomic E-state index is 13.0. The van der Waals surface area contributed by atoms with Gasteiger partial charge in [-0.1, -0.05) is 0 Å². The Morgan fingerprint density at radius 3 is 2.54 bits per heavy atom. The first-order valence-corrected chi connectivity index (χ1v) is 4.31. The summed E-state index contributed by atoms with van der Waals surface area (Å²) in [7, 11) is 0. The van der Waals surface area contributed by atoms with Gasteiger partial charge in [-0.3, -0.25) is 0 Å². The molecule has 0 saturated heterocycles. The van der Waals surface area contributed by atoms with Gasteiger partial charge >= 0.3 is 0 Å². The van der Waals surface area contributed by atoms with Gasteiger partial charge in [0.25, 0.3) is 0 Å². The van der Waals surface area contributed by atoms with Gasteiger partial charge in [-0.05, 0) is 37.6 Å². The van der Waals surface area contributed by atoms with E-state index >= 15 is 0 Å². The highest BCUT2D eigenvalue weighted by atomic mass is 19.1. The molecule has 1 heterocycles. The van der Waals surface area contributed by atoms with Crippen LogP contribution in [0.3, 0.4) is 0 Å². The molecule has 13 heavy (non-hydrogen) atoms. The van der Waals surface area contributed by atoms with Gasteiger partial charge in [-0.2, -0.15) is 4.39 Å². The molecule has 1 aromatic heterocycles. The van der Waals surface area contributed by atoms with E-state index in [0.717, 1.165) is 12.0 Å². The van der Waals surface area contributed by atoms with Gasteiger partial charge in [0.15, 0.2) is 0 Å². The third kappa shape index (κ3) is 2.75. The molecule has 0 unspecified atom stereocenters. The second-order valence-corrected chi connectivity index (χ2v) is 2.87. The van der Waals surface area contributed by atoms with Gasteiger partial charge in [0.2, 0.25) is 5.95 Å². The van der Waals surface area contributed by atoms with Crippen molar-refractivity contribution in [1.29, 1.82) is 0 Å². The fourth-order valence-electron chi connectivity index (χ4n) is 1.18. The molecule has 0 aromatic carbocycles. The van der Waals surface area contributed by atoms with Crippen molar-refractivity contribution in [1.82, 2.24) is 4.98 Å². The lowest BCUT2D eigenvalue weighted by Crippen LogP contribution is -2.08. The molecule has 0 aliphatic carbocycles. The van der Waals surface area contributed by atoms with Crippen LogP contribution in [0.25, 0.3) is 0 Å². The molecule has 3 nitrogen and oxygen atoms in total. The Labute approximate surface area is 77.0 Å². The minimum atomic E-state index is -0.425. The van der Waals surface area contributed by atoms with Crippen molar-refractivity contribution in [2.45, 2.75) is 12.8 Å². The van der Waals surface area contributed by atoms with E-state index in [1.807, 2.05) is 0 Å². The zero-order chi connectivity index (χ0) is 9.68. The topological polar surface area (TPSA) is 64.9 Å². The van der Waals surface area contributed by atoms with Crippen LogP contribution in [0, 0.1) is 5.95 Å². The number of hydrogen-bond acceptors (Lipinski definition) is 3. The normalized spacial score (nSPS) is 10.4. The Morgan fingerprint density at radius 1 is 1.23 bits per heavy atom. The van der Waals surface area contributed by atoms with Gasteiger partial charge in [-0.15, -0.1) is 0 Å². The summed E-state index contributed by atoms with van der Waals surface area (Å²) < 4.78 is 13.0. The molecule has 0 radical (unpaired) electrons. The summed E-state index contributed by atoms with van der Waals surface area (Å²) in [5.74, 6) is -0.425. The molecule has 0 aliphatic rings. The molecule has 0 atom stereocenters. The third-order valence-electron chi connectivity index (χ3n) is 1.82. The summed E-state index contributed by atoms with van der Waals surface area (Å²) in [5.41, 5.74) is 12.3. The monoisotopic (exact) mass is 183 g/mol. The number of nitrogens with two attached hydrogens (primary N) is 2. The fraction of sp³-hybridized carbons (Fsp3) is 0.444. The molecule has 0 saturated carbocycles. The average Bonchev–Trinajstić information content (AvgIpc) is 2.12. The Morgan fingerprint density at radius 2 is 1.92 bits per heavy atom. The number of halogens is 1. The zero-order valence-corrected chi connectivity index (χ0v) is 7.46. The van der Waals surface area contributed by atoms with E-state index in [1.165, 1.54) is 6.20 Å². The Bertz CT molecular complexity index is 276. The number of pyridine rings is 1. The van der Waals surface area contributed by atoms with E-state index in [4.69, 9.17) is 11.5 Å². The molecular formula is C9H14FN3. The fourth-order valence-corrected chi connectivity index (χ4v) is 1.18. The van der Waals surface area contributed by atoms with E-state index in [-0.39, 0.29) is 0 Å². The van der Waals surface area contributed by atoms with E-state index in [0.29, 0.717) is 25.1 Å². The van der Waals surface area contributed by atoms with Crippen LogP contribution in [-0.2, 0) is 12.8 Å². The average molecular weight is 183 g/mol. The van der Waals surface area contributed by atoms with Gasteiger partial charge in [0, 0.05) is 11.8 Å². The number of aromatic nitrogens is 1. The summed E-state index contributed by atoms with van der Waals surface area (Å²) in [4.78, 5) is 3.64. The van der Waals surface area contributed by atoms with Crippen molar-refractivity contribution < 1.29 is 4.39 Å². The largest absolute Gasteiger partial charge is 0.330 e. The molecular weight excluding hydrogens is 169 g/mol. The highest BCUT2D eigenvalue weighted by Gasteiger charge is 2.03. The lowest BCUT2D eigenvalue weighted by atomic mass is 10.1. The van der Waals surface area contributed by atoms with Crippen molar-refractivity contribution in [2.75, 3.05) is 13.1 Å². The zero-order valence-electron chi connectivity index (χ0n) is 7.46. The van der Waals surface area contributed by atoms with Gasteiger partial charge in [-0.25, -0.2) is 4.98 Å². The van der Waals surface area contributed by atoms with Gasteiger partial charge in [0.1, 0.15) is 0 Å². The van der Waals surface area contributed by atoms with Crippen LogP contribution < -0.4 is 11.5 Å². The SMILES string of the molecule is NCCc1cnc(F)c(CCN)c1. The van der Waals surface area contributed by atoms with E-state index in [2.05, 4.69) is 4.98 Å². The molecule has 0 aliphatic heterocycles. The summed E-state index contributed by atoms with van der Waals surface area (Å²) >= 11 is 0. The first kappa shape index (κ1) is 10.1. The standard InChI is InChI=1S/C9H14FN3/c10-9-8(2-4-12)5-7(1-3-11)6-13-9/h5-6H,1-4,11-12H2. The van der Waals surface area contributed by atoms with Crippen LogP contribution in [0.4, 0.5) is 4.39 Å². The van der Waals surface area contributed by atoms with Crippen molar-refractivity contribution in [3.63, 3.8) is 0 Å². The molecule has 0 amide bonds. The number of hydrogen-bond donors (Lipinski definition) is 2. The summed E-state index contributed by atoms with van der Waals surface area (Å²) in [5, 5.41) is 0. The molecule has 4 heteroatoms. The van der Waals surface area contributed by atoms with Crippen molar-refractivity contribution >= 4 is 0 Å². The lowest BCUT2D eigenvalue weighted by molar-refractivity contribution is 0.564. The second kappa shape index (κ2) is 4.89. The second-order valence-electron chi connectivity index (χ2n) is 2.87. The molecule has 0 bridgehead atoms. The minimum Gasteiger partial charge on any atom is -0.330 e. The third-order valence-corrected chi connectivity index (χ3v) is 1.82. The predicted molar refractivity (Wildman–Crippen MR) is 49.7 cm³/mol. The Hall–Kier alpha value is -1.00. The molecule has 1 aromatic rings. The van der Waals surface area contributed by atoms with Crippen LogP contribution in [0.5, 0.6) is 0 Å². The van der Waals surface area contributed by atoms with Crippen LogP contribution >= 0.6 is 0 Å². The first-order chi connectivity index (χ1) is 6.27. The summed E-state index contributed by atoms with van der Waals surface area (Å²) in [6.45, 7) is 0.986. The van der Waals surface area contributed by atoms with E-state index in [1.54, 1.807) is 6.07 Å². The molecule has 4 N–H and O–H groups in total. The van der Waals surface area contributed by atoms with Crippen LogP contribution in [0.1, 0.15) is 11.1 Å². The quantitative estimate of drug-likeness (QED) is 0.656. The molecule has 0 fully saturated rings. The highest BCUT2D eigenvalue weighted by Crippen LogP contribution is 2.08. The first-order valence-electron chi connectivity index (χ1n) is 4.31. The smallest absolute Gasteiger partial charge is 0.216 e. The molecule has 72 valence electrons.